The predicted molar refractivity (Wildman–Crippen MR) is 84.5 cm³/mol. The maximum absolute atomic E-state index is 11.9. The molecule has 0 fully saturated rings. The molecule has 1 aliphatic heterocycles. The fraction of sp³-hybridized carbons (Fsp3) is 0.500. The van der Waals surface area contributed by atoms with E-state index in [0.717, 1.165) is 28.4 Å². The summed E-state index contributed by atoms with van der Waals surface area (Å²) in [6.07, 6.45) is 0.816. The first-order chi connectivity index (χ1) is 11.0. The highest BCUT2D eigenvalue weighted by Crippen LogP contribution is 2.32. The zero-order valence-electron chi connectivity index (χ0n) is 13.8. The van der Waals surface area contributed by atoms with Crippen molar-refractivity contribution in [3.63, 3.8) is 0 Å². The summed E-state index contributed by atoms with van der Waals surface area (Å²) in [6, 6.07) is 5.33. The van der Waals surface area contributed by atoms with E-state index in [1.807, 2.05) is 39.1 Å². The lowest BCUT2D eigenvalue weighted by Gasteiger charge is -2.15. The molecule has 0 spiro atoms. The second-order valence-electron chi connectivity index (χ2n) is 5.83. The molecule has 0 aliphatic carbocycles. The third-order valence-corrected chi connectivity index (χ3v) is 3.65. The molecule has 3 N–H and O–H groups in total. The predicted octanol–water partition coefficient (Wildman–Crippen LogP) is 0.0543. The number of rotatable bonds is 6. The molecule has 1 aromatic carbocycles. The van der Waals surface area contributed by atoms with E-state index in [2.05, 4.69) is 10.6 Å². The molecule has 0 saturated carbocycles. The smallest absolute Gasteiger partial charge is 0.321 e. The van der Waals surface area contributed by atoms with Gasteiger partial charge in [0.05, 0.1) is 7.05 Å². The number of urea groups is 1. The van der Waals surface area contributed by atoms with Crippen molar-refractivity contribution in [3.8, 4) is 11.5 Å². The Morgan fingerprint density at radius 2 is 2.04 bits per heavy atom. The molecule has 1 unspecified atom stereocenters. The second kappa shape index (κ2) is 7.82. The lowest BCUT2D eigenvalue weighted by Crippen LogP contribution is -3.09. The number of hydrogen-bond acceptors (Lipinski definition) is 4. The topological polar surface area (TPSA) is 81.1 Å². The SMILES string of the molecule is CC[C@@H](C)NC(=O)NC(=O)C[NH+](C)Cc1ccc2c(c1)OCO2. The van der Waals surface area contributed by atoms with Crippen LogP contribution in [-0.2, 0) is 11.3 Å². The minimum atomic E-state index is -0.444. The number of carbonyl (C=O) groups is 2. The van der Waals surface area contributed by atoms with Crippen molar-refractivity contribution in [2.75, 3.05) is 20.4 Å². The Morgan fingerprint density at radius 1 is 1.30 bits per heavy atom. The molecular weight excluding hydrogens is 298 g/mol. The third-order valence-electron chi connectivity index (χ3n) is 3.65. The van der Waals surface area contributed by atoms with E-state index in [1.165, 1.54) is 0 Å². The first-order valence-corrected chi connectivity index (χ1v) is 7.78. The molecule has 3 amide bonds. The highest BCUT2D eigenvalue weighted by atomic mass is 16.7. The van der Waals surface area contributed by atoms with Gasteiger partial charge in [0.15, 0.2) is 18.0 Å². The van der Waals surface area contributed by atoms with Crippen LogP contribution in [0.2, 0.25) is 0 Å². The first-order valence-electron chi connectivity index (χ1n) is 7.78. The van der Waals surface area contributed by atoms with Crippen LogP contribution in [-0.4, -0.2) is 38.4 Å². The summed E-state index contributed by atoms with van der Waals surface area (Å²) in [4.78, 5) is 24.5. The van der Waals surface area contributed by atoms with Crippen LogP contribution in [0, 0.1) is 0 Å². The summed E-state index contributed by atoms with van der Waals surface area (Å²) in [6.45, 7) is 4.96. The van der Waals surface area contributed by atoms with E-state index >= 15 is 0 Å². The van der Waals surface area contributed by atoms with Crippen molar-refractivity contribution < 1.29 is 24.0 Å². The minimum absolute atomic E-state index is 0.0431. The highest BCUT2D eigenvalue weighted by molar-refractivity contribution is 5.94. The van der Waals surface area contributed by atoms with E-state index in [9.17, 15) is 9.59 Å². The standard InChI is InChI=1S/C16H23N3O4/c1-4-11(2)17-16(21)18-15(20)9-19(3)8-12-5-6-13-14(7-12)23-10-22-13/h5-7,11H,4,8-10H2,1-3H3,(H2,17,18,20,21)/p+1/t11-/m1/s1. The van der Waals surface area contributed by atoms with Crippen molar-refractivity contribution >= 4 is 11.9 Å². The Labute approximate surface area is 135 Å². The molecule has 0 saturated heterocycles. The van der Waals surface area contributed by atoms with E-state index in [0.29, 0.717) is 6.54 Å². The second-order valence-corrected chi connectivity index (χ2v) is 5.83. The lowest BCUT2D eigenvalue weighted by molar-refractivity contribution is -0.885. The van der Waals surface area contributed by atoms with Crippen LogP contribution in [0.25, 0.3) is 0 Å². The fourth-order valence-corrected chi connectivity index (χ4v) is 2.27. The molecule has 1 aliphatic rings. The summed E-state index contributed by atoms with van der Waals surface area (Å²) in [5.41, 5.74) is 1.05. The van der Waals surface area contributed by atoms with Crippen molar-refractivity contribution in [2.24, 2.45) is 0 Å². The Balaban J connectivity index is 1.79. The van der Waals surface area contributed by atoms with Crippen LogP contribution >= 0.6 is 0 Å². The largest absolute Gasteiger partial charge is 0.454 e. The molecule has 0 radical (unpaired) electrons. The normalized spacial score (nSPS) is 14.9. The third kappa shape index (κ3) is 5.14. The Hall–Kier alpha value is -2.28. The monoisotopic (exact) mass is 322 g/mol. The van der Waals surface area contributed by atoms with Crippen molar-refractivity contribution in [1.82, 2.24) is 10.6 Å². The van der Waals surface area contributed by atoms with Gasteiger partial charge in [-0.1, -0.05) is 6.92 Å². The Bertz CT molecular complexity index is 576. The van der Waals surface area contributed by atoms with Crippen LogP contribution in [0.4, 0.5) is 4.79 Å². The van der Waals surface area contributed by atoms with E-state index in [1.54, 1.807) is 0 Å². The van der Waals surface area contributed by atoms with Crippen LogP contribution < -0.4 is 25.0 Å². The number of fused-ring (bicyclic) bond motifs is 1. The quantitative estimate of drug-likeness (QED) is 0.691. The summed E-state index contributed by atoms with van der Waals surface area (Å²) >= 11 is 0. The maximum atomic E-state index is 11.9. The van der Waals surface area contributed by atoms with Gasteiger partial charge in [0, 0.05) is 11.6 Å². The van der Waals surface area contributed by atoms with Gasteiger partial charge >= 0.3 is 6.03 Å². The van der Waals surface area contributed by atoms with Crippen LogP contribution in [0.3, 0.4) is 0 Å². The number of amides is 3. The highest BCUT2D eigenvalue weighted by Gasteiger charge is 2.17. The molecule has 0 bridgehead atoms. The molecular formula is C16H24N3O4+. The average molecular weight is 322 g/mol. The summed E-state index contributed by atoms with van der Waals surface area (Å²) < 4.78 is 10.6. The number of hydrogen-bond donors (Lipinski definition) is 3. The van der Waals surface area contributed by atoms with Gasteiger partial charge in [0.25, 0.3) is 5.91 Å². The number of imide groups is 1. The van der Waals surface area contributed by atoms with Gasteiger partial charge in [-0.2, -0.15) is 0 Å². The van der Waals surface area contributed by atoms with Crippen molar-refractivity contribution in [1.29, 1.82) is 0 Å². The van der Waals surface area contributed by atoms with Gasteiger partial charge in [-0.15, -0.1) is 0 Å². The molecule has 1 aromatic rings. The van der Waals surface area contributed by atoms with Crippen molar-refractivity contribution in [2.45, 2.75) is 32.9 Å². The van der Waals surface area contributed by atoms with Gasteiger partial charge in [-0.3, -0.25) is 10.1 Å². The molecule has 7 nitrogen and oxygen atoms in total. The van der Waals surface area contributed by atoms with Gasteiger partial charge in [-0.05, 0) is 31.5 Å². The van der Waals surface area contributed by atoms with E-state index < -0.39 is 6.03 Å². The van der Waals surface area contributed by atoms with Crippen LogP contribution in [0.5, 0.6) is 11.5 Å². The van der Waals surface area contributed by atoms with Gasteiger partial charge in [-0.25, -0.2) is 4.79 Å². The molecule has 126 valence electrons. The fourth-order valence-electron chi connectivity index (χ4n) is 2.27. The molecule has 2 rings (SSSR count). The van der Waals surface area contributed by atoms with Crippen molar-refractivity contribution in [3.05, 3.63) is 23.8 Å². The van der Waals surface area contributed by atoms with Gasteiger partial charge < -0.3 is 19.7 Å². The van der Waals surface area contributed by atoms with E-state index in [4.69, 9.17) is 9.47 Å². The molecule has 7 heteroatoms. The number of ether oxygens (including phenoxy) is 2. The lowest BCUT2D eigenvalue weighted by atomic mass is 10.2. The van der Waals surface area contributed by atoms with Gasteiger partial charge in [0.1, 0.15) is 6.54 Å². The van der Waals surface area contributed by atoms with E-state index in [-0.39, 0.29) is 25.3 Å². The number of quaternary nitrogens is 1. The summed E-state index contributed by atoms with van der Waals surface area (Å²) in [5, 5.41) is 5.05. The van der Waals surface area contributed by atoms with Gasteiger partial charge in [0.2, 0.25) is 6.79 Å². The summed E-state index contributed by atoms with van der Waals surface area (Å²) in [7, 11) is 1.90. The van der Waals surface area contributed by atoms with Crippen LogP contribution in [0.15, 0.2) is 18.2 Å². The number of nitrogens with one attached hydrogen (secondary N) is 3. The first kappa shape index (κ1) is 17.1. The van der Waals surface area contributed by atoms with Crippen LogP contribution in [0.1, 0.15) is 25.8 Å². The number of carbonyl (C=O) groups excluding carboxylic acids is 2. The molecule has 0 aromatic heterocycles. The number of benzene rings is 1. The molecule has 2 atom stereocenters. The summed E-state index contributed by atoms with van der Waals surface area (Å²) in [5.74, 6) is 1.17. The molecule has 1 heterocycles. The Kier molecular flexibility index (Phi) is 5.81. The maximum Gasteiger partial charge on any atom is 0.321 e. The minimum Gasteiger partial charge on any atom is -0.454 e. The average Bonchev–Trinajstić information content (AvgIpc) is 2.93. The zero-order chi connectivity index (χ0) is 16.8. The molecule has 23 heavy (non-hydrogen) atoms. The Morgan fingerprint density at radius 3 is 2.78 bits per heavy atom. The number of likely N-dealkylation sites (N-methyl/N-ethyl adjacent to an activating group) is 1. The zero-order valence-corrected chi connectivity index (χ0v) is 13.8.